The van der Waals surface area contributed by atoms with Gasteiger partial charge in [0.25, 0.3) is 0 Å². The van der Waals surface area contributed by atoms with Gasteiger partial charge in [-0.25, -0.2) is 0 Å². The van der Waals surface area contributed by atoms with Gasteiger partial charge in [-0.2, -0.15) is 0 Å². The van der Waals surface area contributed by atoms with E-state index in [-0.39, 0.29) is 0 Å². The molecule has 0 spiro atoms. The predicted molar refractivity (Wildman–Crippen MR) is 82.0 cm³/mol. The van der Waals surface area contributed by atoms with Gasteiger partial charge in [-0.3, -0.25) is 0 Å². The molecule has 0 aliphatic heterocycles. The second-order valence-electron chi connectivity index (χ2n) is 6.40. The molecule has 0 aromatic rings. The molecule has 2 aliphatic rings. The van der Waals surface area contributed by atoms with Crippen LogP contribution >= 0.6 is 0 Å². The Morgan fingerprint density at radius 3 is 2.79 bits per heavy atom. The molecule has 0 aromatic heterocycles. The summed E-state index contributed by atoms with van der Waals surface area (Å²) < 4.78 is 0. The van der Waals surface area contributed by atoms with Crippen LogP contribution in [0.5, 0.6) is 0 Å². The Kier molecular flexibility index (Phi) is 6.16. The molecular weight excluding hydrogens is 232 g/mol. The van der Waals surface area contributed by atoms with Crippen molar-refractivity contribution in [2.24, 2.45) is 17.8 Å². The molecular formula is C18H30O. The van der Waals surface area contributed by atoms with Crippen LogP contribution < -0.4 is 0 Å². The van der Waals surface area contributed by atoms with Gasteiger partial charge in [0.05, 0.1) is 0 Å². The first kappa shape index (κ1) is 14.8. The first-order valence-corrected chi connectivity index (χ1v) is 8.32. The summed E-state index contributed by atoms with van der Waals surface area (Å²) in [4.78, 5) is 0. The molecule has 0 heterocycles. The topological polar surface area (TPSA) is 20.2 Å². The quantitative estimate of drug-likeness (QED) is 0.649. The van der Waals surface area contributed by atoms with E-state index in [2.05, 4.69) is 25.2 Å². The van der Waals surface area contributed by atoms with Gasteiger partial charge in [-0.05, 0) is 55.4 Å². The largest absolute Gasteiger partial charge is 0.396 e. The fourth-order valence-corrected chi connectivity index (χ4v) is 3.84. The summed E-state index contributed by atoms with van der Waals surface area (Å²) in [7, 11) is 0. The average molecular weight is 262 g/mol. The minimum Gasteiger partial charge on any atom is -0.396 e. The van der Waals surface area contributed by atoms with Crippen LogP contribution in [0.4, 0.5) is 0 Å². The van der Waals surface area contributed by atoms with Gasteiger partial charge in [0.15, 0.2) is 0 Å². The van der Waals surface area contributed by atoms with E-state index in [0.717, 1.165) is 24.2 Å². The van der Waals surface area contributed by atoms with Crippen molar-refractivity contribution in [3.63, 3.8) is 0 Å². The van der Waals surface area contributed by atoms with Crippen molar-refractivity contribution in [3.8, 4) is 0 Å². The molecule has 1 heteroatoms. The van der Waals surface area contributed by atoms with Crippen molar-refractivity contribution in [3.05, 3.63) is 23.8 Å². The Morgan fingerprint density at radius 2 is 1.95 bits per heavy atom. The molecule has 0 saturated carbocycles. The molecule has 1 N–H and O–H groups in total. The highest BCUT2D eigenvalue weighted by molar-refractivity contribution is 5.28. The average Bonchev–Trinajstić information content (AvgIpc) is 2.44. The lowest BCUT2D eigenvalue weighted by atomic mass is 9.68. The number of allylic oxidation sites excluding steroid dienone is 4. The molecule has 2 aliphatic carbocycles. The summed E-state index contributed by atoms with van der Waals surface area (Å²) >= 11 is 0. The fourth-order valence-electron chi connectivity index (χ4n) is 3.84. The Labute approximate surface area is 118 Å². The monoisotopic (exact) mass is 262 g/mol. The van der Waals surface area contributed by atoms with Gasteiger partial charge < -0.3 is 5.11 Å². The van der Waals surface area contributed by atoms with E-state index in [4.69, 9.17) is 5.11 Å². The zero-order valence-electron chi connectivity index (χ0n) is 12.5. The molecule has 0 radical (unpaired) electrons. The molecule has 0 aromatic carbocycles. The summed E-state index contributed by atoms with van der Waals surface area (Å²) in [5, 5.41) is 8.78. The highest BCUT2D eigenvalue weighted by atomic mass is 16.2. The smallest absolute Gasteiger partial charge is 0.0431 e. The number of unbranched alkanes of at least 4 members (excludes halogenated alkanes) is 4. The molecule has 1 nitrogen and oxygen atoms in total. The van der Waals surface area contributed by atoms with E-state index in [1.165, 1.54) is 51.4 Å². The molecule has 2 unspecified atom stereocenters. The second kappa shape index (κ2) is 7.89. The molecule has 108 valence electrons. The van der Waals surface area contributed by atoms with Crippen molar-refractivity contribution in [2.75, 3.05) is 6.61 Å². The van der Waals surface area contributed by atoms with E-state index in [1.54, 1.807) is 5.57 Å². The van der Waals surface area contributed by atoms with Gasteiger partial charge >= 0.3 is 0 Å². The van der Waals surface area contributed by atoms with Crippen LogP contribution in [0.2, 0.25) is 0 Å². The van der Waals surface area contributed by atoms with Crippen molar-refractivity contribution < 1.29 is 5.11 Å². The number of hydrogen-bond acceptors (Lipinski definition) is 1. The third-order valence-corrected chi connectivity index (χ3v) is 5.01. The van der Waals surface area contributed by atoms with Crippen LogP contribution in [0, 0.1) is 17.8 Å². The minimum absolute atomic E-state index is 0.362. The molecule has 0 fully saturated rings. The predicted octanol–water partition coefficient (Wildman–Crippen LogP) is 4.87. The number of rotatable bonds is 7. The maximum absolute atomic E-state index is 8.78. The van der Waals surface area contributed by atoms with Crippen molar-refractivity contribution in [2.45, 2.75) is 64.7 Å². The highest BCUT2D eigenvalue weighted by Gasteiger charge is 2.31. The van der Waals surface area contributed by atoms with Gasteiger partial charge in [-0.15, -0.1) is 0 Å². The van der Waals surface area contributed by atoms with E-state index >= 15 is 0 Å². The highest BCUT2D eigenvalue weighted by Crippen LogP contribution is 2.42. The zero-order valence-corrected chi connectivity index (χ0v) is 12.5. The number of fused-ring (bicyclic) bond motifs is 1. The molecule has 0 amide bonds. The Morgan fingerprint density at radius 1 is 1.16 bits per heavy atom. The first-order valence-electron chi connectivity index (χ1n) is 8.32. The van der Waals surface area contributed by atoms with Crippen molar-refractivity contribution >= 4 is 0 Å². The molecule has 0 bridgehead atoms. The zero-order chi connectivity index (χ0) is 13.5. The van der Waals surface area contributed by atoms with E-state index in [9.17, 15) is 0 Å². The molecule has 3 atom stereocenters. The molecule has 19 heavy (non-hydrogen) atoms. The standard InChI is InChI=1S/C18H30O/c1-15-12-13-16-9-6-7-11-18(16)17(15)10-5-3-2-4-8-14-19/h9,12-13,15,17-19H,2-8,10-11,14H2,1H3/t15?,17-,18?/m0/s1. The van der Waals surface area contributed by atoms with Crippen molar-refractivity contribution in [1.82, 2.24) is 0 Å². The summed E-state index contributed by atoms with van der Waals surface area (Å²) in [5.41, 5.74) is 1.63. The van der Waals surface area contributed by atoms with Gasteiger partial charge in [0, 0.05) is 6.61 Å². The van der Waals surface area contributed by atoms with Gasteiger partial charge in [0.2, 0.25) is 0 Å². The maximum Gasteiger partial charge on any atom is 0.0431 e. The lowest BCUT2D eigenvalue weighted by Crippen LogP contribution is -2.27. The Hall–Kier alpha value is -0.560. The van der Waals surface area contributed by atoms with Gasteiger partial charge in [-0.1, -0.05) is 50.8 Å². The number of aliphatic hydroxyl groups excluding tert-OH is 1. The van der Waals surface area contributed by atoms with E-state index in [1.807, 2.05) is 0 Å². The van der Waals surface area contributed by atoms with Gasteiger partial charge in [0.1, 0.15) is 0 Å². The Bertz CT molecular complexity index is 316. The summed E-state index contributed by atoms with van der Waals surface area (Å²) in [6.07, 6.45) is 19.0. The van der Waals surface area contributed by atoms with Crippen LogP contribution in [0.15, 0.2) is 23.8 Å². The van der Waals surface area contributed by atoms with Crippen molar-refractivity contribution in [1.29, 1.82) is 0 Å². The van der Waals surface area contributed by atoms with Crippen LogP contribution in [0.3, 0.4) is 0 Å². The molecule has 2 rings (SSSR count). The maximum atomic E-state index is 8.78. The summed E-state index contributed by atoms with van der Waals surface area (Å²) in [6, 6.07) is 0. The van der Waals surface area contributed by atoms with E-state index < -0.39 is 0 Å². The third-order valence-electron chi connectivity index (χ3n) is 5.01. The molecule has 0 saturated heterocycles. The summed E-state index contributed by atoms with van der Waals surface area (Å²) in [5.74, 6) is 2.50. The SMILES string of the molecule is CC1C=CC2=CCCCC2[C@H]1CCCCCCCO. The number of aliphatic hydroxyl groups is 1. The van der Waals surface area contributed by atoms with Crippen LogP contribution in [0.1, 0.15) is 64.7 Å². The summed E-state index contributed by atoms with van der Waals surface area (Å²) in [6.45, 7) is 2.76. The van der Waals surface area contributed by atoms with Crippen LogP contribution in [-0.4, -0.2) is 11.7 Å². The third kappa shape index (κ3) is 4.21. The first-order chi connectivity index (χ1) is 9.33. The lowest BCUT2D eigenvalue weighted by Gasteiger charge is -2.37. The normalized spacial score (nSPS) is 30.0. The minimum atomic E-state index is 0.362. The second-order valence-corrected chi connectivity index (χ2v) is 6.40. The number of hydrogen-bond donors (Lipinski definition) is 1. The van der Waals surface area contributed by atoms with Crippen LogP contribution in [-0.2, 0) is 0 Å². The lowest BCUT2D eigenvalue weighted by molar-refractivity contribution is 0.250. The van der Waals surface area contributed by atoms with Crippen LogP contribution in [0.25, 0.3) is 0 Å². The fraction of sp³-hybridized carbons (Fsp3) is 0.778. The Balaban J connectivity index is 1.76. The van der Waals surface area contributed by atoms with E-state index in [0.29, 0.717) is 6.61 Å².